The maximum absolute atomic E-state index is 5.43. The molecule has 0 amide bonds. The monoisotopic (exact) mass is 291 g/mol. The lowest BCUT2D eigenvalue weighted by molar-refractivity contribution is 0.143. The van der Waals surface area contributed by atoms with Crippen LogP contribution in [-0.4, -0.2) is 35.7 Å². The van der Waals surface area contributed by atoms with Crippen LogP contribution in [0.3, 0.4) is 0 Å². The van der Waals surface area contributed by atoms with E-state index in [1.54, 1.807) is 11.3 Å². The van der Waals surface area contributed by atoms with Crippen LogP contribution in [0, 0.1) is 0 Å². The second-order valence-electron chi connectivity index (χ2n) is 5.75. The zero-order valence-corrected chi connectivity index (χ0v) is 12.9. The van der Waals surface area contributed by atoms with E-state index in [0.29, 0.717) is 5.54 Å². The van der Waals surface area contributed by atoms with Crippen LogP contribution >= 0.6 is 11.3 Å². The van der Waals surface area contributed by atoms with Crippen molar-refractivity contribution in [3.8, 4) is 10.6 Å². The van der Waals surface area contributed by atoms with Crippen molar-refractivity contribution >= 4 is 11.3 Å². The van der Waals surface area contributed by atoms with Crippen molar-refractivity contribution in [2.75, 3.05) is 20.1 Å². The molecule has 0 bridgehead atoms. The van der Waals surface area contributed by atoms with Crippen LogP contribution in [-0.2, 0) is 6.54 Å². The fraction of sp³-hybridized carbons (Fsp3) is 0.533. The zero-order chi connectivity index (χ0) is 14.0. The molecule has 1 saturated heterocycles. The summed E-state index contributed by atoms with van der Waals surface area (Å²) in [6.45, 7) is 5.40. The Morgan fingerprint density at radius 1 is 1.45 bits per heavy atom. The van der Waals surface area contributed by atoms with E-state index in [4.69, 9.17) is 4.52 Å². The summed E-state index contributed by atoms with van der Waals surface area (Å²) in [4.78, 5) is 3.60. The summed E-state index contributed by atoms with van der Waals surface area (Å²) in [5, 5.41) is 9.68. The lowest BCUT2D eigenvalue weighted by Crippen LogP contribution is -2.49. The molecule has 0 radical (unpaired) electrons. The molecule has 5 heteroatoms. The maximum atomic E-state index is 5.43. The highest BCUT2D eigenvalue weighted by Crippen LogP contribution is 2.26. The molecule has 1 N–H and O–H groups in total. The smallest absolute Gasteiger partial charge is 0.177 e. The molecule has 0 spiro atoms. The summed E-state index contributed by atoms with van der Waals surface area (Å²) in [5.41, 5.74) is 1.32. The molecular weight excluding hydrogens is 270 g/mol. The van der Waals surface area contributed by atoms with Crippen LogP contribution in [0.5, 0.6) is 0 Å². The van der Waals surface area contributed by atoms with Gasteiger partial charge in [0.25, 0.3) is 0 Å². The zero-order valence-electron chi connectivity index (χ0n) is 12.1. The van der Waals surface area contributed by atoms with Gasteiger partial charge in [0, 0.05) is 31.2 Å². The standard InChI is InChI=1S/C15H21N3OS/c1-15(16-2)5-7-18(8-6-15)11-12-10-13(19-17-12)14-4-3-9-20-14/h3-4,9-10,16H,5-8,11H2,1-2H3. The average molecular weight is 291 g/mol. The Bertz CT molecular complexity index is 541. The van der Waals surface area contributed by atoms with E-state index in [2.05, 4.69) is 46.9 Å². The fourth-order valence-corrected chi connectivity index (χ4v) is 3.28. The maximum Gasteiger partial charge on any atom is 0.177 e. The normalized spacial score (nSPS) is 19.3. The van der Waals surface area contributed by atoms with Gasteiger partial charge in [0.05, 0.1) is 10.6 Å². The molecule has 0 aromatic carbocycles. The summed E-state index contributed by atoms with van der Waals surface area (Å²) in [5.74, 6) is 0.882. The van der Waals surface area contributed by atoms with Crippen LogP contribution in [0.2, 0.25) is 0 Å². The van der Waals surface area contributed by atoms with E-state index in [1.807, 2.05) is 6.07 Å². The third-order valence-electron chi connectivity index (χ3n) is 4.27. The summed E-state index contributed by atoms with van der Waals surface area (Å²) in [6.07, 6.45) is 2.36. The quantitative estimate of drug-likeness (QED) is 0.940. The molecule has 4 nitrogen and oxygen atoms in total. The fourth-order valence-electron chi connectivity index (χ4n) is 2.60. The number of piperidine rings is 1. The van der Waals surface area contributed by atoms with Crippen LogP contribution in [0.15, 0.2) is 28.1 Å². The Balaban J connectivity index is 1.59. The van der Waals surface area contributed by atoms with Crippen LogP contribution in [0.1, 0.15) is 25.5 Å². The van der Waals surface area contributed by atoms with Crippen LogP contribution in [0.25, 0.3) is 10.6 Å². The second-order valence-corrected chi connectivity index (χ2v) is 6.69. The molecule has 1 fully saturated rings. The molecule has 1 aliphatic rings. The molecule has 108 valence electrons. The first-order chi connectivity index (χ1) is 9.68. The van der Waals surface area contributed by atoms with Crippen molar-refractivity contribution in [3.63, 3.8) is 0 Å². The van der Waals surface area contributed by atoms with E-state index in [0.717, 1.165) is 36.0 Å². The van der Waals surface area contributed by atoms with Crippen molar-refractivity contribution in [2.45, 2.75) is 31.8 Å². The van der Waals surface area contributed by atoms with Gasteiger partial charge in [-0.1, -0.05) is 11.2 Å². The highest BCUT2D eigenvalue weighted by atomic mass is 32.1. The summed E-state index contributed by atoms with van der Waals surface area (Å²) < 4.78 is 5.43. The number of nitrogens with zero attached hydrogens (tertiary/aromatic N) is 2. The topological polar surface area (TPSA) is 41.3 Å². The van der Waals surface area contributed by atoms with Gasteiger partial charge >= 0.3 is 0 Å². The third kappa shape index (κ3) is 2.95. The van der Waals surface area contributed by atoms with E-state index >= 15 is 0 Å². The molecule has 3 rings (SSSR count). The highest BCUT2D eigenvalue weighted by Gasteiger charge is 2.28. The number of aromatic nitrogens is 1. The molecule has 2 aromatic rings. The van der Waals surface area contributed by atoms with Crippen molar-refractivity contribution in [1.82, 2.24) is 15.4 Å². The molecule has 0 saturated carbocycles. The minimum Gasteiger partial charge on any atom is -0.355 e. The number of likely N-dealkylation sites (tertiary alicyclic amines) is 1. The van der Waals surface area contributed by atoms with Crippen molar-refractivity contribution < 1.29 is 4.52 Å². The molecule has 3 heterocycles. The second kappa shape index (κ2) is 5.68. The van der Waals surface area contributed by atoms with Gasteiger partial charge in [-0.2, -0.15) is 0 Å². The predicted octanol–water partition coefficient (Wildman–Crippen LogP) is 2.98. The third-order valence-corrected chi connectivity index (χ3v) is 5.16. The first-order valence-corrected chi connectivity index (χ1v) is 7.97. The molecule has 20 heavy (non-hydrogen) atoms. The van der Waals surface area contributed by atoms with E-state index in [9.17, 15) is 0 Å². The molecule has 0 aliphatic carbocycles. The van der Waals surface area contributed by atoms with Gasteiger partial charge in [-0.05, 0) is 38.3 Å². The van der Waals surface area contributed by atoms with Crippen molar-refractivity contribution in [3.05, 3.63) is 29.3 Å². The van der Waals surface area contributed by atoms with Gasteiger partial charge in [0.15, 0.2) is 5.76 Å². The SMILES string of the molecule is CNC1(C)CCN(Cc2cc(-c3cccs3)on2)CC1. The van der Waals surface area contributed by atoms with Gasteiger partial charge in [0.2, 0.25) is 0 Å². The van der Waals surface area contributed by atoms with E-state index in [1.165, 1.54) is 12.8 Å². The van der Waals surface area contributed by atoms with Gasteiger partial charge in [-0.15, -0.1) is 11.3 Å². The minimum atomic E-state index is 0.294. The minimum absolute atomic E-state index is 0.294. The number of hydrogen-bond donors (Lipinski definition) is 1. The summed E-state index contributed by atoms with van der Waals surface area (Å²) in [7, 11) is 2.06. The molecule has 1 aliphatic heterocycles. The van der Waals surface area contributed by atoms with E-state index < -0.39 is 0 Å². The lowest BCUT2D eigenvalue weighted by atomic mass is 9.90. The highest BCUT2D eigenvalue weighted by molar-refractivity contribution is 7.13. The van der Waals surface area contributed by atoms with E-state index in [-0.39, 0.29) is 0 Å². The van der Waals surface area contributed by atoms with Crippen LogP contribution < -0.4 is 5.32 Å². The Kier molecular flexibility index (Phi) is 3.92. The van der Waals surface area contributed by atoms with Crippen molar-refractivity contribution in [2.24, 2.45) is 0 Å². The summed E-state index contributed by atoms with van der Waals surface area (Å²) >= 11 is 1.68. The Hall–Kier alpha value is -1.17. The van der Waals surface area contributed by atoms with Gasteiger partial charge in [0.1, 0.15) is 0 Å². The number of thiophene rings is 1. The molecule has 0 unspecified atom stereocenters. The molecule has 0 atom stereocenters. The predicted molar refractivity (Wildman–Crippen MR) is 81.8 cm³/mol. The van der Waals surface area contributed by atoms with Gasteiger partial charge in [-0.25, -0.2) is 0 Å². The number of nitrogens with one attached hydrogen (secondary N) is 1. The number of hydrogen-bond acceptors (Lipinski definition) is 5. The Labute approximate surface area is 123 Å². The van der Waals surface area contributed by atoms with Gasteiger partial charge in [-0.3, -0.25) is 4.90 Å². The summed E-state index contributed by atoms with van der Waals surface area (Å²) in [6, 6.07) is 6.16. The lowest BCUT2D eigenvalue weighted by Gasteiger charge is -2.39. The Morgan fingerprint density at radius 3 is 2.90 bits per heavy atom. The van der Waals surface area contributed by atoms with Gasteiger partial charge < -0.3 is 9.84 Å². The van der Waals surface area contributed by atoms with Crippen molar-refractivity contribution in [1.29, 1.82) is 0 Å². The largest absolute Gasteiger partial charge is 0.355 e. The first kappa shape index (κ1) is 13.8. The Morgan fingerprint density at radius 2 is 2.25 bits per heavy atom. The number of rotatable bonds is 4. The molecule has 2 aromatic heterocycles. The molecular formula is C15H21N3OS. The van der Waals surface area contributed by atoms with Crippen LogP contribution in [0.4, 0.5) is 0 Å². The first-order valence-electron chi connectivity index (χ1n) is 7.09. The average Bonchev–Trinajstić information content (AvgIpc) is 3.12.